The van der Waals surface area contributed by atoms with Crippen molar-refractivity contribution in [2.45, 2.75) is 19.8 Å². The van der Waals surface area contributed by atoms with Gasteiger partial charge in [-0.25, -0.2) is 0 Å². The molecule has 0 aliphatic heterocycles. The van der Waals surface area contributed by atoms with Crippen LogP contribution in [0.4, 0.5) is 0 Å². The van der Waals surface area contributed by atoms with Crippen molar-refractivity contribution in [2.24, 2.45) is 0 Å². The van der Waals surface area contributed by atoms with Crippen molar-refractivity contribution in [1.82, 2.24) is 4.90 Å². The molecule has 64 valence electrons. The molecule has 0 aromatic rings. The van der Waals surface area contributed by atoms with Gasteiger partial charge in [0.25, 0.3) is 0 Å². The molecule has 0 heterocycles. The summed E-state index contributed by atoms with van der Waals surface area (Å²) in [5, 5.41) is 17.0. The minimum Gasteiger partial charge on any atom is -0.396 e. The summed E-state index contributed by atoms with van der Waals surface area (Å²) in [6.07, 6.45) is 1.83. The van der Waals surface area contributed by atoms with Gasteiger partial charge in [-0.2, -0.15) is 5.26 Å². The van der Waals surface area contributed by atoms with Crippen LogP contribution in [0, 0.1) is 11.3 Å². The van der Waals surface area contributed by atoms with Crippen LogP contribution in [0.3, 0.4) is 0 Å². The van der Waals surface area contributed by atoms with E-state index < -0.39 is 0 Å². The molecule has 3 heteroatoms. The van der Waals surface area contributed by atoms with E-state index in [0.717, 1.165) is 25.9 Å². The molecule has 3 nitrogen and oxygen atoms in total. The second-order valence-electron chi connectivity index (χ2n) is 2.51. The first kappa shape index (κ1) is 10.4. The zero-order valence-electron chi connectivity index (χ0n) is 7.08. The highest BCUT2D eigenvalue weighted by Crippen LogP contribution is 1.92. The summed E-state index contributed by atoms with van der Waals surface area (Å²) < 4.78 is 0. The molecule has 0 aliphatic carbocycles. The second kappa shape index (κ2) is 7.52. The highest BCUT2D eigenvalue weighted by Gasteiger charge is 2.00. The Morgan fingerprint density at radius 3 is 2.64 bits per heavy atom. The zero-order valence-corrected chi connectivity index (χ0v) is 7.08. The zero-order chi connectivity index (χ0) is 8.53. The lowest BCUT2D eigenvalue weighted by Crippen LogP contribution is -2.26. The van der Waals surface area contributed by atoms with Crippen LogP contribution < -0.4 is 0 Å². The maximum atomic E-state index is 8.54. The van der Waals surface area contributed by atoms with Gasteiger partial charge in [0.1, 0.15) is 0 Å². The van der Waals surface area contributed by atoms with Crippen LogP contribution in [0.5, 0.6) is 0 Å². The molecule has 0 aromatic heterocycles. The lowest BCUT2D eigenvalue weighted by Gasteiger charge is -2.16. The van der Waals surface area contributed by atoms with E-state index in [4.69, 9.17) is 10.4 Å². The van der Waals surface area contributed by atoms with Crippen molar-refractivity contribution in [3.8, 4) is 6.07 Å². The molecular formula is C8H16N2O. The Kier molecular flexibility index (Phi) is 7.11. The molecule has 0 atom stereocenters. The minimum absolute atomic E-state index is 0.214. The molecule has 11 heavy (non-hydrogen) atoms. The summed E-state index contributed by atoms with van der Waals surface area (Å²) >= 11 is 0. The Balaban J connectivity index is 3.44. The van der Waals surface area contributed by atoms with Crippen molar-refractivity contribution in [2.75, 3.05) is 26.2 Å². The Hall–Kier alpha value is -0.590. The van der Waals surface area contributed by atoms with Gasteiger partial charge in [0.15, 0.2) is 0 Å². The first-order valence-electron chi connectivity index (χ1n) is 4.05. The fraction of sp³-hybridized carbons (Fsp3) is 0.875. The fourth-order valence-corrected chi connectivity index (χ4v) is 0.980. The summed E-state index contributed by atoms with van der Waals surface area (Å²) in [7, 11) is 0. The maximum Gasteiger partial charge on any atom is 0.0866 e. The van der Waals surface area contributed by atoms with E-state index in [-0.39, 0.29) is 6.61 Å². The summed E-state index contributed by atoms with van der Waals surface area (Å²) in [5.41, 5.74) is 0. The third kappa shape index (κ3) is 5.84. The van der Waals surface area contributed by atoms with E-state index in [1.807, 2.05) is 0 Å². The molecule has 0 unspecified atom stereocenters. The molecule has 0 aliphatic rings. The molecule has 0 aromatic carbocycles. The van der Waals surface area contributed by atoms with Crippen LogP contribution >= 0.6 is 0 Å². The van der Waals surface area contributed by atoms with E-state index in [0.29, 0.717) is 6.54 Å². The molecule has 0 fully saturated rings. The van der Waals surface area contributed by atoms with Crippen LogP contribution in [0.15, 0.2) is 0 Å². The van der Waals surface area contributed by atoms with Gasteiger partial charge < -0.3 is 5.11 Å². The standard InChI is InChI=1S/C8H16N2O/c1-2-5-10(7-4-9)6-3-8-11/h11H,2-3,5-8H2,1H3. The predicted molar refractivity (Wildman–Crippen MR) is 44.0 cm³/mol. The average Bonchev–Trinajstić information content (AvgIpc) is 2.01. The molecule has 0 bridgehead atoms. The van der Waals surface area contributed by atoms with E-state index in [9.17, 15) is 0 Å². The van der Waals surface area contributed by atoms with Crippen molar-refractivity contribution < 1.29 is 5.11 Å². The summed E-state index contributed by atoms with van der Waals surface area (Å²) in [4.78, 5) is 2.05. The number of nitriles is 1. The third-order valence-electron chi connectivity index (χ3n) is 1.47. The average molecular weight is 156 g/mol. The van der Waals surface area contributed by atoms with Crippen molar-refractivity contribution in [3.63, 3.8) is 0 Å². The lowest BCUT2D eigenvalue weighted by atomic mass is 10.3. The number of aliphatic hydroxyl groups excluding tert-OH is 1. The minimum atomic E-state index is 0.214. The van der Waals surface area contributed by atoms with Gasteiger partial charge in [-0.1, -0.05) is 6.92 Å². The summed E-state index contributed by atoms with van der Waals surface area (Å²) in [5.74, 6) is 0. The third-order valence-corrected chi connectivity index (χ3v) is 1.47. The molecule has 0 rings (SSSR count). The topological polar surface area (TPSA) is 47.3 Å². The monoisotopic (exact) mass is 156 g/mol. The second-order valence-corrected chi connectivity index (χ2v) is 2.51. The molecule has 0 amide bonds. The highest BCUT2D eigenvalue weighted by atomic mass is 16.3. The van der Waals surface area contributed by atoms with Gasteiger partial charge in [0.05, 0.1) is 12.6 Å². The first-order valence-corrected chi connectivity index (χ1v) is 4.05. The van der Waals surface area contributed by atoms with Crippen LogP contribution in [-0.2, 0) is 0 Å². The van der Waals surface area contributed by atoms with Crippen molar-refractivity contribution >= 4 is 0 Å². The van der Waals surface area contributed by atoms with Gasteiger partial charge in [-0.05, 0) is 19.4 Å². The summed E-state index contributed by atoms with van der Waals surface area (Å²) in [6.45, 7) is 4.56. The molecule has 0 spiro atoms. The molecule has 0 radical (unpaired) electrons. The van der Waals surface area contributed by atoms with Gasteiger partial charge in [-0.15, -0.1) is 0 Å². The maximum absolute atomic E-state index is 8.54. The van der Waals surface area contributed by atoms with Crippen LogP contribution in [-0.4, -0.2) is 36.2 Å². The van der Waals surface area contributed by atoms with E-state index in [1.165, 1.54) is 0 Å². The number of nitrogens with zero attached hydrogens (tertiary/aromatic N) is 2. The van der Waals surface area contributed by atoms with Crippen LogP contribution in [0.2, 0.25) is 0 Å². The number of rotatable bonds is 6. The van der Waals surface area contributed by atoms with E-state index >= 15 is 0 Å². The normalized spacial score (nSPS) is 10.0. The molecule has 0 saturated heterocycles. The Labute approximate surface area is 68.2 Å². The molecular weight excluding hydrogens is 140 g/mol. The van der Waals surface area contributed by atoms with E-state index in [2.05, 4.69) is 17.9 Å². The van der Waals surface area contributed by atoms with Gasteiger partial charge >= 0.3 is 0 Å². The Morgan fingerprint density at radius 2 is 2.18 bits per heavy atom. The largest absolute Gasteiger partial charge is 0.396 e. The van der Waals surface area contributed by atoms with Gasteiger partial charge in [-0.3, -0.25) is 4.90 Å². The Morgan fingerprint density at radius 1 is 1.45 bits per heavy atom. The van der Waals surface area contributed by atoms with E-state index in [1.54, 1.807) is 0 Å². The predicted octanol–water partition coefficient (Wildman–Crippen LogP) is 0.604. The van der Waals surface area contributed by atoms with Crippen LogP contribution in [0.1, 0.15) is 19.8 Å². The van der Waals surface area contributed by atoms with Crippen LogP contribution in [0.25, 0.3) is 0 Å². The van der Waals surface area contributed by atoms with Gasteiger partial charge in [0.2, 0.25) is 0 Å². The molecule has 1 N–H and O–H groups in total. The number of hydrogen-bond donors (Lipinski definition) is 1. The SMILES string of the molecule is CCCN(CC#N)CCCO. The highest BCUT2D eigenvalue weighted by molar-refractivity contribution is 4.75. The quantitative estimate of drug-likeness (QED) is 0.573. The fourth-order valence-electron chi connectivity index (χ4n) is 0.980. The smallest absolute Gasteiger partial charge is 0.0866 e. The first-order chi connectivity index (χ1) is 5.35. The number of hydrogen-bond acceptors (Lipinski definition) is 3. The number of aliphatic hydroxyl groups is 1. The van der Waals surface area contributed by atoms with Gasteiger partial charge in [0, 0.05) is 13.2 Å². The summed E-state index contributed by atoms with van der Waals surface area (Å²) in [6, 6.07) is 2.11. The Bertz CT molecular complexity index is 120. The lowest BCUT2D eigenvalue weighted by molar-refractivity contribution is 0.237. The van der Waals surface area contributed by atoms with Crippen molar-refractivity contribution in [3.05, 3.63) is 0 Å². The molecule has 0 saturated carbocycles. The van der Waals surface area contributed by atoms with Crippen molar-refractivity contribution in [1.29, 1.82) is 5.26 Å².